The highest BCUT2D eigenvalue weighted by Gasteiger charge is 1.94. The summed E-state index contributed by atoms with van der Waals surface area (Å²) in [6.07, 6.45) is 5.50. The smallest absolute Gasteiger partial charge is 0.0184 e. The first-order valence-electron chi connectivity index (χ1n) is 6.63. The van der Waals surface area contributed by atoms with Crippen LogP contribution in [-0.4, -0.2) is 17.3 Å². The third kappa shape index (κ3) is 8.62. The molecule has 0 nitrogen and oxygen atoms in total. The molecule has 0 unspecified atom stereocenters. The van der Waals surface area contributed by atoms with Gasteiger partial charge in [-0.3, -0.25) is 0 Å². The molecule has 0 fully saturated rings. The van der Waals surface area contributed by atoms with Crippen LogP contribution in [0.2, 0.25) is 0 Å². The molecule has 1 aromatic carbocycles. The van der Waals surface area contributed by atoms with Crippen molar-refractivity contribution in [2.24, 2.45) is 0 Å². The Hall–Kier alpha value is -0.0800. The monoisotopic (exact) mass is 268 g/mol. The van der Waals surface area contributed by atoms with Crippen LogP contribution in [0.5, 0.6) is 0 Å². The molecule has 0 aliphatic heterocycles. The van der Waals surface area contributed by atoms with Gasteiger partial charge in [0.25, 0.3) is 0 Å². The topological polar surface area (TPSA) is 0 Å². The molecule has 0 saturated heterocycles. The molecule has 2 heteroatoms. The summed E-state index contributed by atoms with van der Waals surface area (Å²) in [5.41, 5.74) is 1.45. The van der Waals surface area contributed by atoms with E-state index in [0.717, 1.165) is 0 Å². The van der Waals surface area contributed by atoms with Crippen molar-refractivity contribution in [1.29, 1.82) is 0 Å². The van der Waals surface area contributed by atoms with E-state index in [1.807, 2.05) is 0 Å². The summed E-state index contributed by atoms with van der Waals surface area (Å²) in [4.78, 5) is 0. The van der Waals surface area contributed by atoms with Crippen LogP contribution < -0.4 is 0 Å². The molecular weight excluding hydrogens is 244 g/mol. The summed E-state index contributed by atoms with van der Waals surface area (Å²) >= 11 is 4.19. The van der Waals surface area contributed by atoms with Crippen LogP contribution in [0.25, 0.3) is 0 Å². The summed E-state index contributed by atoms with van der Waals surface area (Å²) in [6.45, 7) is 2.27. The molecule has 0 aliphatic rings. The third-order valence-electron chi connectivity index (χ3n) is 2.58. The van der Waals surface area contributed by atoms with Gasteiger partial charge in [0.15, 0.2) is 0 Å². The van der Waals surface area contributed by atoms with Crippen molar-refractivity contribution in [1.82, 2.24) is 0 Å². The highest BCUT2D eigenvalue weighted by molar-refractivity contribution is 7.99. The molecule has 0 spiro atoms. The Labute approximate surface area is 115 Å². The zero-order valence-corrected chi connectivity index (χ0v) is 12.5. The maximum Gasteiger partial charge on any atom is 0.0184 e. The highest BCUT2D eigenvalue weighted by atomic mass is 32.2. The molecule has 0 aromatic heterocycles. The highest BCUT2D eigenvalue weighted by Crippen LogP contribution is 2.14. The number of thioether (sulfide) groups is 2. The second kappa shape index (κ2) is 11.0. The van der Waals surface area contributed by atoms with Crippen molar-refractivity contribution in [3.63, 3.8) is 0 Å². The molecule has 0 bridgehead atoms. The van der Waals surface area contributed by atoms with Gasteiger partial charge in [-0.1, -0.05) is 50.1 Å². The van der Waals surface area contributed by atoms with Gasteiger partial charge in [-0.15, -0.1) is 0 Å². The van der Waals surface area contributed by atoms with E-state index in [-0.39, 0.29) is 0 Å². The van der Waals surface area contributed by atoms with Crippen molar-refractivity contribution in [3.05, 3.63) is 35.9 Å². The Morgan fingerprint density at radius 3 is 2.29 bits per heavy atom. The van der Waals surface area contributed by atoms with E-state index in [1.54, 1.807) is 0 Å². The summed E-state index contributed by atoms with van der Waals surface area (Å²) in [5.74, 6) is 5.17. The van der Waals surface area contributed by atoms with Crippen LogP contribution >= 0.6 is 23.5 Å². The number of unbranched alkanes of at least 4 members (excludes halogenated alkanes) is 2. The molecule has 0 atom stereocenters. The molecule has 0 radical (unpaired) electrons. The SMILES string of the molecule is CCCCCSCCCSCc1ccccc1. The summed E-state index contributed by atoms with van der Waals surface area (Å²) < 4.78 is 0. The first-order chi connectivity index (χ1) is 8.43. The van der Waals surface area contributed by atoms with Crippen LogP contribution in [0.3, 0.4) is 0 Å². The van der Waals surface area contributed by atoms with Gasteiger partial charge in [0.05, 0.1) is 0 Å². The molecule has 0 amide bonds. The molecule has 1 rings (SSSR count). The maximum absolute atomic E-state index is 2.27. The van der Waals surface area contributed by atoms with E-state index < -0.39 is 0 Å². The van der Waals surface area contributed by atoms with Gasteiger partial charge in [0.2, 0.25) is 0 Å². The van der Waals surface area contributed by atoms with Gasteiger partial charge in [-0.25, -0.2) is 0 Å². The van der Waals surface area contributed by atoms with E-state index in [1.165, 1.54) is 54.3 Å². The average Bonchev–Trinajstić information content (AvgIpc) is 2.38. The van der Waals surface area contributed by atoms with Crippen molar-refractivity contribution >= 4 is 23.5 Å². The maximum atomic E-state index is 2.27. The molecule has 17 heavy (non-hydrogen) atoms. The van der Waals surface area contributed by atoms with Gasteiger partial charge >= 0.3 is 0 Å². The normalized spacial score (nSPS) is 10.6. The predicted octanol–water partition coefficient (Wildman–Crippen LogP) is 5.23. The van der Waals surface area contributed by atoms with Crippen LogP contribution in [0.4, 0.5) is 0 Å². The fraction of sp³-hybridized carbons (Fsp3) is 0.600. The Balaban J connectivity index is 1.85. The van der Waals surface area contributed by atoms with Gasteiger partial charge in [-0.05, 0) is 35.7 Å². The van der Waals surface area contributed by atoms with Crippen molar-refractivity contribution < 1.29 is 0 Å². The van der Waals surface area contributed by atoms with E-state index >= 15 is 0 Å². The summed E-state index contributed by atoms with van der Waals surface area (Å²) in [6, 6.07) is 10.8. The Bertz CT molecular complexity index is 259. The van der Waals surface area contributed by atoms with Gasteiger partial charge in [0.1, 0.15) is 0 Å². The van der Waals surface area contributed by atoms with E-state index in [0.29, 0.717) is 0 Å². The van der Waals surface area contributed by atoms with E-state index in [4.69, 9.17) is 0 Å². The minimum Gasteiger partial charge on any atom is -0.162 e. The lowest BCUT2D eigenvalue weighted by atomic mass is 10.2. The predicted molar refractivity (Wildman–Crippen MR) is 84.1 cm³/mol. The lowest BCUT2D eigenvalue weighted by Crippen LogP contribution is -1.88. The minimum atomic E-state index is 1.17. The van der Waals surface area contributed by atoms with E-state index in [9.17, 15) is 0 Å². The molecule has 0 heterocycles. The first-order valence-corrected chi connectivity index (χ1v) is 8.94. The second-order valence-electron chi connectivity index (χ2n) is 4.21. The largest absolute Gasteiger partial charge is 0.162 e. The molecule has 0 saturated carbocycles. The summed E-state index contributed by atoms with van der Waals surface area (Å²) in [5, 5.41) is 0. The average molecular weight is 268 g/mol. The zero-order chi connectivity index (χ0) is 12.2. The number of rotatable bonds is 10. The quantitative estimate of drug-likeness (QED) is 0.533. The molecule has 0 aliphatic carbocycles. The van der Waals surface area contributed by atoms with E-state index in [2.05, 4.69) is 60.8 Å². The number of hydrogen-bond donors (Lipinski definition) is 0. The molecule has 1 aromatic rings. The van der Waals surface area contributed by atoms with Gasteiger partial charge in [-0.2, -0.15) is 23.5 Å². The fourth-order valence-corrected chi connectivity index (χ4v) is 3.65. The van der Waals surface area contributed by atoms with Gasteiger partial charge in [0, 0.05) is 5.75 Å². The lowest BCUT2D eigenvalue weighted by Gasteiger charge is -2.02. The van der Waals surface area contributed by atoms with Crippen molar-refractivity contribution in [2.45, 2.75) is 38.4 Å². The molecule has 0 N–H and O–H groups in total. The Kier molecular flexibility index (Phi) is 9.72. The Morgan fingerprint density at radius 1 is 0.824 bits per heavy atom. The van der Waals surface area contributed by atoms with Crippen LogP contribution in [0.15, 0.2) is 30.3 Å². The second-order valence-corrected chi connectivity index (χ2v) is 6.54. The third-order valence-corrected chi connectivity index (χ3v) is 4.85. The Morgan fingerprint density at radius 2 is 1.53 bits per heavy atom. The molecule has 96 valence electrons. The minimum absolute atomic E-state index is 1.17. The standard InChI is InChI=1S/C15H24S2/c1-2-3-7-11-16-12-8-13-17-14-15-9-5-4-6-10-15/h4-6,9-10H,2-3,7-8,11-14H2,1H3. The lowest BCUT2D eigenvalue weighted by molar-refractivity contribution is 0.778. The van der Waals surface area contributed by atoms with Crippen LogP contribution in [0, 0.1) is 0 Å². The van der Waals surface area contributed by atoms with Gasteiger partial charge < -0.3 is 0 Å². The number of benzene rings is 1. The van der Waals surface area contributed by atoms with Crippen molar-refractivity contribution in [2.75, 3.05) is 17.3 Å². The number of hydrogen-bond acceptors (Lipinski definition) is 2. The zero-order valence-electron chi connectivity index (χ0n) is 10.9. The first kappa shape index (κ1) is 15.0. The fourth-order valence-electron chi connectivity index (χ4n) is 1.58. The van der Waals surface area contributed by atoms with Crippen LogP contribution in [0.1, 0.15) is 38.2 Å². The summed E-state index contributed by atoms with van der Waals surface area (Å²) in [7, 11) is 0. The molecular formula is C15H24S2. The van der Waals surface area contributed by atoms with Crippen LogP contribution in [-0.2, 0) is 5.75 Å². The van der Waals surface area contributed by atoms with Crippen molar-refractivity contribution in [3.8, 4) is 0 Å².